The van der Waals surface area contributed by atoms with E-state index in [-0.39, 0.29) is 34.7 Å². The number of carbonyl (C=O) groups excluding carboxylic acids is 2. The number of rotatable bonds is 3. The monoisotopic (exact) mass is 444 g/mol. The quantitative estimate of drug-likeness (QED) is 0.532. The lowest BCUT2D eigenvalue weighted by Crippen LogP contribution is -2.58. The zero-order valence-corrected chi connectivity index (χ0v) is 20.1. The summed E-state index contributed by atoms with van der Waals surface area (Å²) in [5, 5.41) is 0. The highest BCUT2D eigenvalue weighted by Gasteiger charge is 2.76. The van der Waals surface area contributed by atoms with Crippen LogP contribution in [0.3, 0.4) is 0 Å². The Morgan fingerprint density at radius 1 is 0.906 bits per heavy atom. The maximum atomic E-state index is 13.5. The second-order valence-electron chi connectivity index (χ2n) is 11.8. The summed E-state index contributed by atoms with van der Waals surface area (Å²) in [6, 6.07) is 13.1. The fourth-order valence-electron chi connectivity index (χ4n) is 10.0. The standard InChI is InChI=1S/C29H32O2S/c1-15-23-12-24(18-7-5-4-6-8-18)32-27(23)29(26(17(3)31)25(15)16(2)30)21-10-19-9-20-11-22(29)14-28(19,20)13-21/h4-8,12,15,19-22,25-26H,9-11,13-14H2,1-3H3. The maximum Gasteiger partial charge on any atom is 0.134 e. The van der Waals surface area contributed by atoms with Crippen molar-refractivity contribution in [3.8, 4) is 10.4 Å². The summed E-state index contributed by atoms with van der Waals surface area (Å²) in [5.74, 6) is 3.16. The van der Waals surface area contributed by atoms with Crippen LogP contribution in [0.4, 0.5) is 0 Å². The molecule has 0 amide bonds. The molecule has 1 heterocycles. The summed E-state index contributed by atoms with van der Waals surface area (Å²) < 4.78 is 0. The lowest BCUT2D eigenvalue weighted by molar-refractivity contribution is -0.139. The first kappa shape index (κ1) is 19.7. The van der Waals surface area contributed by atoms with Crippen LogP contribution in [0.1, 0.15) is 69.2 Å². The smallest absolute Gasteiger partial charge is 0.134 e. The normalized spacial score (nSPS) is 44.9. The van der Waals surface area contributed by atoms with E-state index in [9.17, 15) is 9.59 Å². The molecule has 7 unspecified atom stereocenters. The summed E-state index contributed by atoms with van der Waals surface area (Å²) in [4.78, 5) is 29.5. The van der Waals surface area contributed by atoms with Gasteiger partial charge in [0.25, 0.3) is 0 Å². The van der Waals surface area contributed by atoms with Gasteiger partial charge in [-0.1, -0.05) is 37.3 Å². The minimum Gasteiger partial charge on any atom is -0.300 e. The highest BCUT2D eigenvalue weighted by molar-refractivity contribution is 7.15. The molecule has 2 spiro atoms. The molecular weight excluding hydrogens is 412 g/mol. The topological polar surface area (TPSA) is 34.1 Å². The van der Waals surface area contributed by atoms with Gasteiger partial charge in [0.15, 0.2) is 0 Å². The minimum absolute atomic E-state index is 0.111. The molecule has 3 heteroatoms. The molecule has 1 aromatic heterocycles. The second-order valence-corrected chi connectivity index (χ2v) is 12.9. The van der Waals surface area contributed by atoms with Gasteiger partial charge < -0.3 is 0 Å². The first-order chi connectivity index (χ1) is 15.4. The zero-order valence-electron chi connectivity index (χ0n) is 19.3. The van der Waals surface area contributed by atoms with Gasteiger partial charge in [-0.2, -0.15) is 0 Å². The predicted molar refractivity (Wildman–Crippen MR) is 128 cm³/mol. The summed E-state index contributed by atoms with van der Waals surface area (Å²) >= 11 is 1.96. The Labute approximate surface area is 194 Å². The number of hydrogen-bond acceptors (Lipinski definition) is 3. The van der Waals surface area contributed by atoms with E-state index in [1.807, 2.05) is 11.3 Å². The van der Waals surface area contributed by atoms with Gasteiger partial charge in [-0.25, -0.2) is 0 Å². The molecule has 32 heavy (non-hydrogen) atoms. The van der Waals surface area contributed by atoms with Crippen LogP contribution >= 0.6 is 11.3 Å². The van der Waals surface area contributed by atoms with Gasteiger partial charge in [-0.15, -0.1) is 11.3 Å². The molecule has 2 aromatic rings. The largest absolute Gasteiger partial charge is 0.300 e. The van der Waals surface area contributed by atoms with E-state index < -0.39 is 0 Å². The fraction of sp³-hybridized carbons (Fsp3) is 0.586. The molecule has 0 N–H and O–H groups in total. The Kier molecular flexibility index (Phi) is 3.83. The van der Waals surface area contributed by atoms with Crippen molar-refractivity contribution in [1.29, 1.82) is 0 Å². The van der Waals surface area contributed by atoms with Crippen LogP contribution in [0.2, 0.25) is 0 Å². The predicted octanol–water partition coefficient (Wildman–Crippen LogP) is 6.64. The van der Waals surface area contributed by atoms with Crippen molar-refractivity contribution < 1.29 is 9.59 Å². The lowest BCUT2D eigenvalue weighted by Gasteiger charge is -2.57. The third kappa shape index (κ3) is 2.09. The lowest BCUT2D eigenvalue weighted by atomic mass is 9.46. The third-order valence-electron chi connectivity index (χ3n) is 11.0. The molecule has 4 saturated carbocycles. The van der Waals surface area contributed by atoms with Crippen LogP contribution in [0.15, 0.2) is 36.4 Å². The maximum absolute atomic E-state index is 13.5. The van der Waals surface area contributed by atoms with Gasteiger partial charge in [0, 0.05) is 27.0 Å². The van der Waals surface area contributed by atoms with Gasteiger partial charge in [-0.05, 0) is 98.1 Å². The zero-order chi connectivity index (χ0) is 22.0. The number of ketones is 2. The van der Waals surface area contributed by atoms with Crippen molar-refractivity contribution in [3.63, 3.8) is 0 Å². The first-order valence-corrected chi connectivity index (χ1v) is 13.4. The molecule has 0 radical (unpaired) electrons. The van der Waals surface area contributed by atoms with E-state index in [1.165, 1.54) is 53.0 Å². The van der Waals surface area contributed by atoms with Gasteiger partial charge in [0.1, 0.15) is 11.6 Å². The Morgan fingerprint density at radius 3 is 2.12 bits per heavy atom. The Morgan fingerprint density at radius 2 is 1.53 bits per heavy atom. The van der Waals surface area contributed by atoms with E-state index in [2.05, 4.69) is 43.3 Å². The number of carbonyl (C=O) groups is 2. The van der Waals surface area contributed by atoms with Crippen molar-refractivity contribution >= 4 is 22.9 Å². The molecule has 7 atom stereocenters. The van der Waals surface area contributed by atoms with Crippen LogP contribution < -0.4 is 0 Å². The van der Waals surface area contributed by atoms with Gasteiger partial charge in [-0.3, -0.25) is 9.59 Å². The number of thiophene rings is 1. The molecule has 1 aromatic carbocycles. The van der Waals surface area contributed by atoms with Crippen molar-refractivity contribution in [1.82, 2.24) is 0 Å². The van der Waals surface area contributed by atoms with E-state index in [0.29, 0.717) is 17.3 Å². The highest BCUT2D eigenvalue weighted by atomic mass is 32.1. The van der Waals surface area contributed by atoms with Crippen LogP contribution in [0, 0.1) is 40.9 Å². The van der Waals surface area contributed by atoms with E-state index in [1.54, 1.807) is 13.8 Å². The van der Waals surface area contributed by atoms with Gasteiger partial charge in [0.2, 0.25) is 0 Å². The van der Waals surface area contributed by atoms with Crippen molar-refractivity contribution in [3.05, 3.63) is 46.8 Å². The molecule has 0 aliphatic heterocycles. The number of benzene rings is 1. The molecule has 5 aliphatic carbocycles. The Balaban J connectivity index is 1.50. The van der Waals surface area contributed by atoms with Crippen molar-refractivity contribution in [2.75, 3.05) is 0 Å². The third-order valence-corrected chi connectivity index (χ3v) is 12.3. The van der Waals surface area contributed by atoms with Gasteiger partial charge >= 0.3 is 0 Å². The molecule has 5 aliphatic rings. The summed E-state index contributed by atoms with van der Waals surface area (Å²) in [6.45, 7) is 5.75. The number of Topliss-reactive ketones (excluding diaryl/α,β-unsaturated/α-hetero) is 2. The van der Waals surface area contributed by atoms with Crippen LogP contribution in [0.25, 0.3) is 10.4 Å². The van der Waals surface area contributed by atoms with Gasteiger partial charge in [0.05, 0.1) is 0 Å². The number of hydrogen-bond donors (Lipinski definition) is 0. The summed E-state index contributed by atoms with van der Waals surface area (Å²) in [5.41, 5.74) is 3.12. The summed E-state index contributed by atoms with van der Waals surface area (Å²) in [7, 11) is 0. The average molecular weight is 445 g/mol. The average Bonchev–Trinajstić information content (AvgIpc) is 3.39. The minimum atomic E-state index is -0.178. The van der Waals surface area contributed by atoms with Crippen molar-refractivity contribution in [2.45, 2.75) is 64.2 Å². The molecular formula is C29H32O2S. The van der Waals surface area contributed by atoms with E-state index in [4.69, 9.17) is 0 Å². The Bertz CT molecular complexity index is 1120. The second kappa shape index (κ2) is 6.23. The molecule has 2 nitrogen and oxygen atoms in total. The molecule has 7 rings (SSSR count). The van der Waals surface area contributed by atoms with Crippen LogP contribution in [-0.4, -0.2) is 11.6 Å². The van der Waals surface area contributed by atoms with Crippen LogP contribution in [-0.2, 0) is 15.0 Å². The molecule has 4 fully saturated rings. The molecule has 3 bridgehead atoms. The van der Waals surface area contributed by atoms with Crippen LogP contribution in [0.5, 0.6) is 0 Å². The summed E-state index contributed by atoms with van der Waals surface area (Å²) in [6.07, 6.45) is 6.60. The number of fused-ring (bicyclic) bond motifs is 6. The van der Waals surface area contributed by atoms with E-state index >= 15 is 0 Å². The Hall–Kier alpha value is -1.74. The molecule has 0 saturated heterocycles. The molecule has 166 valence electrons. The highest BCUT2D eigenvalue weighted by Crippen LogP contribution is 2.82. The SMILES string of the molecule is CC(=O)C1C(C)c2cc(-c3ccccc3)sc2C2(C3CC4CC5CC2CC45C3)C1C(C)=O. The first-order valence-electron chi connectivity index (χ1n) is 12.6. The van der Waals surface area contributed by atoms with E-state index in [0.717, 1.165) is 11.8 Å². The fourth-order valence-corrected chi connectivity index (χ4v) is 11.7. The van der Waals surface area contributed by atoms with Crippen molar-refractivity contribution in [2.24, 2.45) is 40.9 Å².